The standard InChI is InChI=1S/C16H14Cl3N5O/c1-10-14(19)7-20-24(10)9-16(25)21-15-4-5-23(22-15)8-11-2-3-12(17)6-13(11)18/h2-7H,8-9H2,1H3,(H,21,22,25). The second kappa shape index (κ2) is 7.47. The predicted molar refractivity (Wildman–Crippen MR) is 98.4 cm³/mol. The number of hydrogen-bond acceptors (Lipinski definition) is 3. The van der Waals surface area contributed by atoms with Crippen molar-refractivity contribution in [2.75, 3.05) is 5.32 Å². The molecule has 0 aliphatic carbocycles. The zero-order valence-corrected chi connectivity index (χ0v) is 15.5. The van der Waals surface area contributed by atoms with Crippen LogP contribution in [0, 0.1) is 6.92 Å². The van der Waals surface area contributed by atoms with Gasteiger partial charge in [-0.2, -0.15) is 10.2 Å². The second-order valence-electron chi connectivity index (χ2n) is 5.42. The van der Waals surface area contributed by atoms with E-state index >= 15 is 0 Å². The van der Waals surface area contributed by atoms with Crippen molar-refractivity contribution in [1.82, 2.24) is 19.6 Å². The number of rotatable bonds is 5. The first-order valence-corrected chi connectivity index (χ1v) is 8.51. The van der Waals surface area contributed by atoms with E-state index in [-0.39, 0.29) is 12.5 Å². The van der Waals surface area contributed by atoms with Crippen LogP contribution in [-0.2, 0) is 17.9 Å². The van der Waals surface area contributed by atoms with E-state index in [0.717, 1.165) is 11.3 Å². The van der Waals surface area contributed by atoms with Crippen molar-refractivity contribution in [2.45, 2.75) is 20.0 Å². The molecule has 6 nitrogen and oxygen atoms in total. The van der Waals surface area contributed by atoms with Gasteiger partial charge in [-0.15, -0.1) is 0 Å². The molecule has 2 heterocycles. The molecular weight excluding hydrogens is 385 g/mol. The normalized spacial score (nSPS) is 10.9. The van der Waals surface area contributed by atoms with Crippen molar-refractivity contribution in [3.63, 3.8) is 0 Å². The van der Waals surface area contributed by atoms with Crippen molar-refractivity contribution >= 4 is 46.5 Å². The molecule has 0 saturated carbocycles. The molecule has 1 N–H and O–H groups in total. The summed E-state index contributed by atoms with van der Waals surface area (Å²) in [6, 6.07) is 7.01. The van der Waals surface area contributed by atoms with Crippen molar-refractivity contribution < 1.29 is 4.79 Å². The molecule has 9 heteroatoms. The number of amides is 1. The molecule has 1 amide bonds. The van der Waals surface area contributed by atoms with Crippen LogP contribution in [0.1, 0.15) is 11.3 Å². The molecule has 0 atom stereocenters. The third-order valence-corrected chi connectivity index (χ3v) is 4.55. The van der Waals surface area contributed by atoms with Gasteiger partial charge in [0.1, 0.15) is 6.54 Å². The Hall–Kier alpha value is -2.02. The van der Waals surface area contributed by atoms with Gasteiger partial charge in [-0.25, -0.2) is 0 Å². The average molecular weight is 399 g/mol. The first-order valence-electron chi connectivity index (χ1n) is 7.37. The predicted octanol–water partition coefficient (Wildman–Crippen LogP) is 4.04. The van der Waals surface area contributed by atoms with E-state index in [4.69, 9.17) is 34.8 Å². The number of aromatic nitrogens is 4. The Labute approximate surface area is 159 Å². The van der Waals surface area contributed by atoms with Crippen LogP contribution in [0.4, 0.5) is 5.82 Å². The molecular formula is C16H14Cl3N5O. The molecule has 0 spiro atoms. The Morgan fingerprint density at radius 3 is 2.68 bits per heavy atom. The van der Waals surface area contributed by atoms with Gasteiger partial charge < -0.3 is 5.32 Å². The molecule has 2 aromatic heterocycles. The van der Waals surface area contributed by atoms with Crippen molar-refractivity contribution in [1.29, 1.82) is 0 Å². The van der Waals surface area contributed by atoms with Crippen LogP contribution in [0.2, 0.25) is 15.1 Å². The lowest BCUT2D eigenvalue weighted by Crippen LogP contribution is -2.20. The summed E-state index contributed by atoms with van der Waals surface area (Å²) in [6.07, 6.45) is 3.27. The van der Waals surface area contributed by atoms with Crippen molar-refractivity contribution in [2.24, 2.45) is 0 Å². The third kappa shape index (κ3) is 4.34. The third-order valence-electron chi connectivity index (χ3n) is 3.59. The van der Waals surface area contributed by atoms with Crippen LogP contribution < -0.4 is 5.32 Å². The summed E-state index contributed by atoms with van der Waals surface area (Å²) in [5, 5.41) is 12.8. The quantitative estimate of drug-likeness (QED) is 0.705. The van der Waals surface area contributed by atoms with E-state index in [1.165, 1.54) is 10.9 Å². The van der Waals surface area contributed by atoms with Gasteiger partial charge >= 0.3 is 0 Å². The van der Waals surface area contributed by atoms with Gasteiger partial charge in [0, 0.05) is 22.3 Å². The van der Waals surface area contributed by atoms with Crippen LogP contribution in [0.5, 0.6) is 0 Å². The lowest BCUT2D eigenvalue weighted by atomic mass is 10.2. The highest BCUT2D eigenvalue weighted by Gasteiger charge is 2.11. The summed E-state index contributed by atoms with van der Waals surface area (Å²) in [7, 11) is 0. The van der Waals surface area contributed by atoms with E-state index in [9.17, 15) is 4.79 Å². The van der Waals surface area contributed by atoms with Crippen LogP contribution in [0.3, 0.4) is 0 Å². The largest absolute Gasteiger partial charge is 0.308 e. The fourth-order valence-electron chi connectivity index (χ4n) is 2.24. The van der Waals surface area contributed by atoms with Gasteiger partial charge in [0.2, 0.25) is 5.91 Å². The average Bonchev–Trinajstić information content (AvgIpc) is 3.11. The molecule has 0 fully saturated rings. The Bertz CT molecular complexity index is 918. The van der Waals surface area contributed by atoms with E-state index in [2.05, 4.69) is 15.5 Å². The minimum atomic E-state index is -0.238. The molecule has 130 valence electrons. The fourth-order valence-corrected chi connectivity index (χ4v) is 2.85. The van der Waals surface area contributed by atoms with Gasteiger partial charge in [-0.3, -0.25) is 14.2 Å². The molecule has 1 aromatic carbocycles. The van der Waals surface area contributed by atoms with Crippen LogP contribution in [0.15, 0.2) is 36.7 Å². The van der Waals surface area contributed by atoms with Gasteiger partial charge in [0.15, 0.2) is 5.82 Å². The Balaban J connectivity index is 1.63. The number of nitrogens with one attached hydrogen (secondary N) is 1. The van der Waals surface area contributed by atoms with Crippen LogP contribution >= 0.6 is 34.8 Å². The molecule has 0 aliphatic heterocycles. The number of benzene rings is 1. The Morgan fingerprint density at radius 1 is 1.20 bits per heavy atom. The lowest BCUT2D eigenvalue weighted by molar-refractivity contribution is -0.117. The maximum atomic E-state index is 12.1. The van der Waals surface area contributed by atoms with Crippen LogP contribution in [0.25, 0.3) is 0 Å². The Kier molecular flexibility index (Phi) is 5.32. The minimum Gasteiger partial charge on any atom is -0.308 e. The number of anilines is 1. The molecule has 0 bridgehead atoms. The van der Waals surface area contributed by atoms with Gasteiger partial charge in [0.05, 0.1) is 23.5 Å². The summed E-state index contributed by atoms with van der Waals surface area (Å²) in [6.45, 7) is 2.33. The zero-order valence-electron chi connectivity index (χ0n) is 13.2. The highest BCUT2D eigenvalue weighted by atomic mass is 35.5. The fraction of sp³-hybridized carbons (Fsp3) is 0.188. The topological polar surface area (TPSA) is 64.7 Å². The minimum absolute atomic E-state index is 0.0639. The summed E-state index contributed by atoms with van der Waals surface area (Å²) >= 11 is 18.0. The number of nitrogens with zero attached hydrogens (tertiary/aromatic N) is 4. The molecule has 0 unspecified atom stereocenters. The maximum absolute atomic E-state index is 12.1. The van der Waals surface area contributed by atoms with Crippen molar-refractivity contribution in [3.05, 3.63) is 63.0 Å². The van der Waals surface area contributed by atoms with Gasteiger partial charge in [-0.05, 0) is 24.6 Å². The number of carbonyl (C=O) groups is 1. The first kappa shape index (κ1) is 17.8. The van der Waals surface area contributed by atoms with Gasteiger partial charge in [0.25, 0.3) is 0 Å². The number of carbonyl (C=O) groups excluding carboxylic acids is 1. The molecule has 0 saturated heterocycles. The Morgan fingerprint density at radius 2 is 2.00 bits per heavy atom. The molecule has 3 rings (SSSR count). The number of halogens is 3. The molecule has 25 heavy (non-hydrogen) atoms. The zero-order chi connectivity index (χ0) is 18.0. The summed E-state index contributed by atoms with van der Waals surface area (Å²) in [4.78, 5) is 12.1. The summed E-state index contributed by atoms with van der Waals surface area (Å²) in [5.74, 6) is 0.212. The first-order chi connectivity index (χ1) is 11.9. The smallest absolute Gasteiger partial charge is 0.247 e. The lowest BCUT2D eigenvalue weighted by Gasteiger charge is -2.06. The summed E-state index contributed by atoms with van der Waals surface area (Å²) in [5.41, 5.74) is 1.62. The highest BCUT2D eigenvalue weighted by Crippen LogP contribution is 2.22. The van der Waals surface area contributed by atoms with Gasteiger partial charge in [-0.1, -0.05) is 40.9 Å². The van der Waals surface area contributed by atoms with Crippen LogP contribution in [-0.4, -0.2) is 25.5 Å². The monoisotopic (exact) mass is 397 g/mol. The highest BCUT2D eigenvalue weighted by molar-refractivity contribution is 6.35. The summed E-state index contributed by atoms with van der Waals surface area (Å²) < 4.78 is 3.21. The maximum Gasteiger partial charge on any atom is 0.247 e. The number of hydrogen-bond donors (Lipinski definition) is 1. The molecule has 0 aliphatic rings. The van der Waals surface area contributed by atoms with E-state index < -0.39 is 0 Å². The second-order valence-corrected chi connectivity index (χ2v) is 6.67. The molecule has 0 radical (unpaired) electrons. The van der Waals surface area contributed by atoms with E-state index in [1.54, 1.807) is 36.0 Å². The van der Waals surface area contributed by atoms with Crippen molar-refractivity contribution in [3.8, 4) is 0 Å². The molecule has 3 aromatic rings. The van der Waals surface area contributed by atoms with E-state index in [1.807, 2.05) is 6.07 Å². The SMILES string of the molecule is Cc1c(Cl)cnn1CC(=O)Nc1ccn(Cc2ccc(Cl)cc2Cl)n1. The van der Waals surface area contributed by atoms with E-state index in [0.29, 0.717) is 27.4 Å².